The van der Waals surface area contributed by atoms with Gasteiger partial charge in [-0.05, 0) is 6.07 Å². The van der Waals surface area contributed by atoms with Gasteiger partial charge in [0.15, 0.2) is 0 Å². The molecule has 2 heterocycles. The van der Waals surface area contributed by atoms with Gasteiger partial charge in [0.1, 0.15) is 5.15 Å². The number of imidazole rings is 1. The highest BCUT2D eigenvalue weighted by atomic mass is 35.5. The van der Waals surface area contributed by atoms with Gasteiger partial charge in [0.05, 0.1) is 32.6 Å². The number of aromatic nitrogens is 3. The summed E-state index contributed by atoms with van der Waals surface area (Å²) in [6.45, 7) is 0. The quantitative estimate of drug-likeness (QED) is 0.462. The molecule has 19 heavy (non-hydrogen) atoms. The second-order valence-electron chi connectivity index (χ2n) is 3.82. The van der Waals surface area contributed by atoms with Crippen LogP contribution in [0.2, 0.25) is 20.2 Å². The Balaban J connectivity index is 2.46. The number of benzene rings is 1. The molecular formula is C12H5Cl4N3. The van der Waals surface area contributed by atoms with Crippen LogP contribution in [0.3, 0.4) is 0 Å². The lowest BCUT2D eigenvalue weighted by atomic mass is 10.2. The highest BCUT2D eigenvalue weighted by molar-refractivity contribution is 6.50. The first-order chi connectivity index (χ1) is 9.08. The predicted octanol–water partition coefficient (Wildman–Crippen LogP) is 5.03. The molecule has 0 aliphatic heterocycles. The van der Waals surface area contributed by atoms with Gasteiger partial charge in [-0.1, -0.05) is 46.4 Å². The van der Waals surface area contributed by atoms with E-state index in [0.717, 1.165) is 11.1 Å². The SMILES string of the molecule is Clc1cc(-n2ccnc2)c2cc(Cl)c(Cl)c(Cl)c2n1. The third-order valence-electron chi connectivity index (χ3n) is 2.67. The van der Waals surface area contributed by atoms with Gasteiger partial charge in [-0.2, -0.15) is 0 Å². The minimum absolute atomic E-state index is 0.266. The van der Waals surface area contributed by atoms with E-state index in [9.17, 15) is 0 Å². The van der Waals surface area contributed by atoms with Gasteiger partial charge in [0.2, 0.25) is 0 Å². The first-order valence-electron chi connectivity index (χ1n) is 5.20. The molecule has 0 spiro atoms. The number of nitrogens with zero attached hydrogens (tertiary/aromatic N) is 3. The summed E-state index contributed by atoms with van der Waals surface area (Å²) >= 11 is 24.3. The van der Waals surface area contributed by atoms with Crippen molar-refractivity contribution >= 4 is 57.3 Å². The van der Waals surface area contributed by atoms with Crippen LogP contribution in [-0.4, -0.2) is 14.5 Å². The molecule has 0 aliphatic rings. The fraction of sp³-hybridized carbons (Fsp3) is 0. The summed E-state index contributed by atoms with van der Waals surface area (Å²) in [5, 5.41) is 1.98. The van der Waals surface area contributed by atoms with Crippen molar-refractivity contribution in [3.8, 4) is 5.69 Å². The van der Waals surface area contributed by atoms with E-state index in [-0.39, 0.29) is 10.0 Å². The number of hydrogen-bond donors (Lipinski definition) is 0. The molecule has 3 aromatic rings. The Hall–Kier alpha value is -1.000. The third-order valence-corrected chi connectivity index (χ3v) is 4.12. The fourth-order valence-corrected chi connectivity index (χ4v) is 2.66. The van der Waals surface area contributed by atoms with Crippen molar-refractivity contribution < 1.29 is 0 Å². The molecular weight excluding hydrogens is 328 g/mol. The summed E-state index contributed by atoms with van der Waals surface area (Å²) in [5.74, 6) is 0. The zero-order valence-electron chi connectivity index (χ0n) is 9.24. The maximum atomic E-state index is 6.17. The second kappa shape index (κ2) is 4.84. The summed E-state index contributed by atoms with van der Waals surface area (Å²) in [5.41, 5.74) is 1.29. The summed E-state index contributed by atoms with van der Waals surface area (Å²) in [6, 6.07) is 3.43. The molecule has 3 nitrogen and oxygen atoms in total. The van der Waals surface area contributed by atoms with Crippen LogP contribution < -0.4 is 0 Å². The standard InChI is InChI=1S/C12H5Cl4N3/c13-7-3-6-8(19-2-1-17-5-19)4-9(14)18-12(6)11(16)10(7)15/h1-5H. The van der Waals surface area contributed by atoms with Gasteiger partial charge < -0.3 is 4.57 Å². The molecule has 3 rings (SSSR count). The van der Waals surface area contributed by atoms with Crippen LogP contribution >= 0.6 is 46.4 Å². The summed E-state index contributed by atoms with van der Waals surface area (Å²) in [7, 11) is 0. The van der Waals surface area contributed by atoms with E-state index in [1.54, 1.807) is 35.4 Å². The molecule has 0 bridgehead atoms. The molecule has 96 valence electrons. The number of hydrogen-bond acceptors (Lipinski definition) is 2. The molecule has 2 aromatic heterocycles. The molecule has 0 unspecified atom stereocenters. The Morgan fingerprint density at radius 2 is 1.79 bits per heavy atom. The maximum Gasteiger partial charge on any atom is 0.131 e. The van der Waals surface area contributed by atoms with Gasteiger partial charge in [0.25, 0.3) is 0 Å². The highest BCUT2D eigenvalue weighted by Crippen LogP contribution is 2.38. The average Bonchev–Trinajstić information content (AvgIpc) is 2.90. The highest BCUT2D eigenvalue weighted by Gasteiger charge is 2.15. The lowest BCUT2D eigenvalue weighted by Gasteiger charge is -2.10. The van der Waals surface area contributed by atoms with Crippen LogP contribution in [-0.2, 0) is 0 Å². The zero-order chi connectivity index (χ0) is 13.6. The Morgan fingerprint density at radius 3 is 2.47 bits per heavy atom. The predicted molar refractivity (Wildman–Crippen MR) is 78.9 cm³/mol. The monoisotopic (exact) mass is 331 g/mol. The average molecular weight is 333 g/mol. The van der Waals surface area contributed by atoms with Crippen molar-refractivity contribution in [1.82, 2.24) is 14.5 Å². The smallest absolute Gasteiger partial charge is 0.131 e. The Morgan fingerprint density at radius 1 is 1.00 bits per heavy atom. The fourth-order valence-electron chi connectivity index (χ4n) is 1.83. The summed E-state index contributed by atoms with van der Waals surface area (Å²) < 4.78 is 1.80. The van der Waals surface area contributed by atoms with E-state index >= 15 is 0 Å². The van der Waals surface area contributed by atoms with Gasteiger partial charge in [0, 0.05) is 23.8 Å². The normalized spacial score (nSPS) is 11.2. The number of rotatable bonds is 1. The van der Waals surface area contributed by atoms with Crippen LogP contribution in [0.4, 0.5) is 0 Å². The number of fused-ring (bicyclic) bond motifs is 1. The van der Waals surface area contributed by atoms with E-state index in [0.29, 0.717) is 15.7 Å². The second-order valence-corrected chi connectivity index (χ2v) is 5.37. The lowest BCUT2D eigenvalue weighted by molar-refractivity contribution is 1.06. The minimum Gasteiger partial charge on any atom is -0.306 e. The van der Waals surface area contributed by atoms with Crippen molar-refractivity contribution in [2.45, 2.75) is 0 Å². The van der Waals surface area contributed by atoms with Gasteiger partial charge in [-0.15, -0.1) is 0 Å². The van der Waals surface area contributed by atoms with Crippen LogP contribution in [0.1, 0.15) is 0 Å². The van der Waals surface area contributed by atoms with Crippen molar-refractivity contribution in [1.29, 1.82) is 0 Å². The molecule has 0 fully saturated rings. The number of halogens is 4. The molecule has 0 saturated carbocycles. The van der Waals surface area contributed by atoms with Crippen molar-refractivity contribution in [2.75, 3.05) is 0 Å². The van der Waals surface area contributed by atoms with E-state index < -0.39 is 0 Å². The van der Waals surface area contributed by atoms with Crippen LogP contribution in [0.5, 0.6) is 0 Å². The van der Waals surface area contributed by atoms with Crippen molar-refractivity contribution in [2.24, 2.45) is 0 Å². The Kier molecular flexibility index (Phi) is 3.31. The summed E-state index contributed by atoms with van der Waals surface area (Å²) in [4.78, 5) is 8.21. The third kappa shape index (κ3) is 2.17. The van der Waals surface area contributed by atoms with Crippen LogP contribution in [0.15, 0.2) is 30.9 Å². The molecule has 0 atom stereocenters. The molecule has 0 aliphatic carbocycles. The van der Waals surface area contributed by atoms with Gasteiger partial charge in [-0.3, -0.25) is 0 Å². The first-order valence-corrected chi connectivity index (χ1v) is 6.71. The Bertz CT molecular complexity index is 768. The largest absolute Gasteiger partial charge is 0.306 e. The minimum atomic E-state index is 0.266. The maximum absolute atomic E-state index is 6.17. The molecule has 0 radical (unpaired) electrons. The van der Waals surface area contributed by atoms with E-state index in [2.05, 4.69) is 9.97 Å². The topological polar surface area (TPSA) is 30.7 Å². The summed E-state index contributed by atoms with van der Waals surface area (Å²) in [6.07, 6.45) is 5.11. The van der Waals surface area contributed by atoms with Gasteiger partial charge >= 0.3 is 0 Å². The van der Waals surface area contributed by atoms with E-state index in [4.69, 9.17) is 46.4 Å². The van der Waals surface area contributed by atoms with E-state index in [1.165, 1.54) is 0 Å². The van der Waals surface area contributed by atoms with Crippen LogP contribution in [0, 0.1) is 0 Å². The number of pyridine rings is 1. The molecule has 0 saturated heterocycles. The zero-order valence-corrected chi connectivity index (χ0v) is 12.3. The molecule has 0 amide bonds. The molecule has 7 heteroatoms. The lowest BCUT2D eigenvalue weighted by Crippen LogP contribution is -1.95. The van der Waals surface area contributed by atoms with Crippen molar-refractivity contribution in [3.63, 3.8) is 0 Å². The van der Waals surface area contributed by atoms with E-state index in [1.807, 2.05) is 0 Å². The first kappa shape index (κ1) is 13.0. The van der Waals surface area contributed by atoms with Crippen molar-refractivity contribution in [3.05, 3.63) is 51.1 Å². The van der Waals surface area contributed by atoms with Gasteiger partial charge in [-0.25, -0.2) is 9.97 Å². The van der Waals surface area contributed by atoms with Crippen LogP contribution in [0.25, 0.3) is 16.6 Å². The molecule has 1 aromatic carbocycles. The molecule has 0 N–H and O–H groups in total. The Labute approximate surface area is 128 Å².